The van der Waals surface area contributed by atoms with Crippen molar-refractivity contribution in [3.63, 3.8) is 0 Å². The van der Waals surface area contributed by atoms with E-state index < -0.39 is 5.25 Å². The van der Waals surface area contributed by atoms with Crippen LogP contribution in [0.1, 0.15) is 31.2 Å². The van der Waals surface area contributed by atoms with Crippen LogP contribution in [0.5, 0.6) is 0 Å². The molecule has 1 N–H and O–H groups in total. The van der Waals surface area contributed by atoms with Gasteiger partial charge < -0.3 is 15.1 Å². The standard InChI is InChI=1S/C24H26ClN3O3S/c25-18-10-4-3-9-17(18)15-26-21(29)16-28-19-11-5-6-12-20(19)32-22(24(28)31)23(30)27-13-7-1-2-8-14-27/h3-6,9-12,22H,1-2,7-8,13-16H2,(H,26,29)/t22-/m0/s1. The molecule has 0 spiro atoms. The monoisotopic (exact) mass is 471 g/mol. The number of carbonyl (C=O) groups is 3. The fraction of sp³-hybridized carbons (Fsp3) is 0.375. The van der Waals surface area contributed by atoms with Crippen LogP contribution >= 0.6 is 23.4 Å². The molecule has 0 aliphatic carbocycles. The van der Waals surface area contributed by atoms with Gasteiger partial charge in [-0.2, -0.15) is 0 Å². The molecule has 4 rings (SSSR count). The van der Waals surface area contributed by atoms with Crippen molar-refractivity contribution in [1.82, 2.24) is 10.2 Å². The number of amides is 3. The largest absolute Gasteiger partial charge is 0.350 e. The average Bonchev–Trinajstić information content (AvgIpc) is 3.09. The minimum Gasteiger partial charge on any atom is -0.350 e. The van der Waals surface area contributed by atoms with E-state index in [1.165, 1.54) is 16.7 Å². The number of anilines is 1. The highest BCUT2D eigenvalue weighted by molar-refractivity contribution is 8.01. The molecule has 2 heterocycles. The van der Waals surface area contributed by atoms with Crippen molar-refractivity contribution in [3.05, 3.63) is 59.1 Å². The minimum atomic E-state index is -0.862. The molecule has 8 heteroatoms. The Balaban J connectivity index is 1.49. The van der Waals surface area contributed by atoms with E-state index in [2.05, 4.69) is 5.32 Å². The van der Waals surface area contributed by atoms with Crippen molar-refractivity contribution in [2.24, 2.45) is 0 Å². The molecule has 1 saturated heterocycles. The van der Waals surface area contributed by atoms with Crippen LogP contribution in [0.4, 0.5) is 5.69 Å². The summed E-state index contributed by atoms with van der Waals surface area (Å²) in [5.41, 5.74) is 1.47. The Morgan fingerprint density at radius 1 is 1.00 bits per heavy atom. The van der Waals surface area contributed by atoms with Gasteiger partial charge in [0.15, 0.2) is 5.25 Å². The molecule has 0 radical (unpaired) electrons. The Kier molecular flexibility index (Phi) is 7.37. The minimum absolute atomic E-state index is 0.148. The van der Waals surface area contributed by atoms with Crippen molar-refractivity contribution in [2.45, 2.75) is 42.4 Å². The maximum absolute atomic E-state index is 13.4. The number of likely N-dealkylation sites (tertiary alicyclic amines) is 1. The van der Waals surface area contributed by atoms with Gasteiger partial charge in [0, 0.05) is 29.6 Å². The molecule has 2 aliphatic rings. The van der Waals surface area contributed by atoms with E-state index in [0.29, 0.717) is 23.8 Å². The van der Waals surface area contributed by atoms with Crippen LogP contribution < -0.4 is 10.2 Å². The third kappa shape index (κ3) is 5.10. The molecule has 0 aromatic heterocycles. The summed E-state index contributed by atoms with van der Waals surface area (Å²) in [4.78, 5) is 43.4. The van der Waals surface area contributed by atoms with Crippen LogP contribution in [0, 0.1) is 0 Å². The molecule has 32 heavy (non-hydrogen) atoms. The molecule has 1 atom stereocenters. The van der Waals surface area contributed by atoms with Gasteiger partial charge in [-0.3, -0.25) is 14.4 Å². The summed E-state index contributed by atoms with van der Waals surface area (Å²) in [6, 6.07) is 14.7. The highest BCUT2D eigenvalue weighted by Gasteiger charge is 2.40. The number of nitrogens with zero attached hydrogens (tertiary/aromatic N) is 2. The van der Waals surface area contributed by atoms with Crippen LogP contribution in [0.3, 0.4) is 0 Å². The lowest BCUT2D eigenvalue weighted by Gasteiger charge is -2.34. The first-order chi connectivity index (χ1) is 15.5. The number of fused-ring (bicyclic) bond motifs is 1. The van der Waals surface area contributed by atoms with Crippen molar-refractivity contribution < 1.29 is 14.4 Å². The Morgan fingerprint density at radius 2 is 1.69 bits per heavy atom. The van der Waals surface area contributed by atoms with Gasteiger partial charge in [-0.1, -0.05) is 54.8 Å². The number of thioether (sulfide) groups is 1. The first-order valence-corrected chi connectivity index (χ1v) is 12.2. The first-order valence-electron chi connectivity index (χ1n) is 10.9. The molecule has 0 unspecified atom stereocenters. The van der Waals surface area contributed by atoms with Gasteiger partial charge in [-0.05, 0) is 36.6 Å². The van der Waals surface area contributed by atoms with Crippen molar-refractivity contribution >= 4 is 46.8 Å². The van der Waals surface area contributed by atoms with E-state index in [-0.39, 0.29) is 30.8 Å². The van der Waals surface area contributed by atoms with E-state index in [4.69, 9.17) is 11.6 Å². The normalized spacial score (nSPS) is 18.7. The topological polar surface area (TPSA) is 69.7 Å². The van der Waals surface area contributed by atoms with Gasteiger partial charge in [0.1, 0.15) is 6.54 Å². The maximum Gasteiger partial charge on any atom is 0.250 e. The van der Waals surface area contributed by atoms with E-state index in [1.54, 1.807) is 6.07 Å². The molecule has 3 amide bonds. The summed E-state index contributed by atoms with van der Waals surface area (Å²) in [5.74, 6) is -0.797. The lowest BCUT2D eigenvalue weighted by Crippen LogP contribution is -2.52. The summed E-state index contributed by atoms with van der Waals surface area (Å²) in [5, 5.41) is 2.55. The fourth-order valence-electron chi connectivity index (χ4n) is 4.03. The highest BCUT2D eigenvalue weighted by atomic mass is 35.5. The van der Waals surface area contributed by atoms with Crippen molar-refractivity contribution in [3.8, 4) is 0 Å². The zero-order valence-electron chi connectivity index (χ0n) is 17.8. The molecular formula is C24H26ClN3O3S. The molecule has 1 fully saturated rings. The SMILES string of the molecule is O=C(CN1C(=O)[C@H](C(=O)N2CCCCCC2)Sc2ccccc21)NCc1ccccc1Cl. The van der Waals surface area contributed by atoms with Crippen LogP contribution in [0.2, 0.25) is 5.02 Å². The number of para-hydroxylation sites is 1. The van der Waals surface area contributed by atoms with Crippen molar-refractivity contribution in [1.29, 1.82) is 0 Å². The predicted molar refractivity (Wildman–Crippen MR) is 127 cm³/mol. The molecule has 2 aromatic rings. The predicted octanol–water partition coefficient (Wildman–Crippen LogP) is 3.87. The van der Waals surface area contributed by atoms with Gasteiger partial charge in [0.2, 0.25) is 11.8 Å². The molecule has 0 bridgehead atoms. The third-order valence-electron chi connectivity index (χ3n) is 5.77. The zero-order valence-corrected chi connectivity index (χ0v) is 19.3. The summed E-state index contributed by atoms with van der Waals surface area (Å²) in [6.45, 7) is 1.49. The van der Waals surface area contributed by atoms with Gasteiger partial charge in [-0.15, -0.1) is 11.8 Å². The number of nitrogens with one attached hydrogen (secondary N) is 1. The van der Waals surface area contributed by atoms with Crippen LogP contribution in [0.25, 0.3) is 0 Å². The summed E-state index contributed by atoms with van der Waals surface area (Å²) < 4.78 is 0. The summed E-state index contributed by atoms with van der Waals surface area (Å²) in [7, 11) is 0. The Hall–Kier alpha value is -2.51. The zero-order chi connectivity index (χ0) is 22.5. The van der Waals surface area contributed by atoms with E-state index >= 15 is 0 Å². The smallest absolute Gasteiger partial charge is 0.250 e. The summed E-state index contributed by atoms with van der Waals surface area (Å²) >= 11 is 7.45. The number of halogens is 1. The van der Waals surface area contributed by atoms with Gasteiger partial charge in [0.05, 0.1) is 5.69 Å². The quantitative estimate of drug-likeness (QED) is 0.672. The van der Waals surface area contributed by atoms with Crippen molar-refractivity contribution in [2.75, 3.05) is 24.5 Å². The second-order valence-corrected chi connectivity index (χ2v) is 9.55. The Morgan fingerprint density at radius 3 is 2.44 bits per heavy atom. The van der Waals surface area contributed by atoms with Crippen LogP contribution in [-0.2, 0) is 20.9 Å². The second-order valence-electron chi connectivity index (χ2n) is 8.00. The highest BCUT2D eigenvalue weighted by Crippen LogP contribution is 2.39. The van der Waals surface area contributed by atoms with Gasteiger partial charge >= 0.3 is 0 Å². The lowest BCUT2D eigenvalue weighted by atomic mass is 10.2. The molecular weight excluding hydrogens is 446 g/mol. The molecule has 2 aromatic carbocycles. The number of benzene rings is 2. The van der Waals surface area contributed by atoms with Gasteiger partial charge in [0.25, 0.3) is 5.91 Å². The molecule has 6 nitrogen and oxygen atoms in total. The first kappa shape index (κ1) is 22.7. The Bertz CT molecular complexity index is 1010. The van der Waals surface area contributed by atoms with E-state index in [9.17, 15) is 14.4 Å². The van der Waals surface area contributed by atoms with Crippen LogP contribution in [-0.4, -0.2) is 47.5 Å². The molecule has 2 aliphatic heterocycles. The van der Waals surface area contributed by atoms with Crippen LogP contribution in [0.15, 0.2) is 53.4 Å². The second kappa shape index (κ2) is 10.4. The maximum atomic E-state index is 13.4. The number of hydrogen-bond donors (Lipinski definition) is 1. The lowest BCUT2D eigenvalue weighted by molar-refractivity contribution is -0.135. The van der Waals surface area contributed by atoms with Gasteiger partial charge in [-0.25, -0.2) is 0 Å². The third-order valence-corrected chi connectivity index (χ3v) is 7.38. The molecule has 0 saturated carbocycles. The Labute approximate surface area is 197 Å². The number of rotatable bonds is 5. The number of hydrogen-bond acceptors (Lipinski definition) is 4. The summed E-state index contributed by atoms with van der Waals surface area (Å²) in [6.07, 6.45) is 4.14. The average molecular weight is 472 g/mol. The molecule has 168 valence electrons. The fourth-order valence-corrected chi connectivity index (χ4v) is 5.42. The van der Waals surface area contributed by atoms with E-state index in [1.807, 2.05) is 47.4 Å². The number of carbonyl (C=O) groups excluding carboxylic acids is 3. The van der Waals surface area contributed by atoms with E-state index in [0.717, 1.165) is 36.1 Å².